The van der Waals surface area contributed by atoms with Crippen molar-refractivity contribution in [3.05, 3.63) is 55.7 Å². The predicted molar refractivity (Wildman–Crippen MR) is 234 cm³/mol. The summed E-state index contributed by atoms with van der Waals surface area (Å²) in [6.45, 7) is 6.28. The first-order valence-corrected chi connectivity index (χ1v) is 27.6. The van der Waals surface area contributed by atoms with Crippen LogP contribution in [0.3, 0.4) is 0 Å². The summed E-state index contributed by atoms with van der Waals surface area (Å²) >= 11 is -0.181. The summed E-state index contributed by atoms with van der Waals surface area (Å²) in [7, 11) is -10.7. The first kappa shape index (κ1) is 54.8. The van der Waals surface area contributed by atoms with Gasteiger partial charge in [0.15, 0.2) is 7.14 Å². The number of hydrogen-bond acceptors (Lipinski definition) is 2. The summed E-state index contributed by atoms with van der Waals surface area (Å²) < 4.78 is 74.2. The van der Waals surface area contributed by atoms with E-state index in [-0.39, 0.29) is 21.2 Å². The maximum absolute atomic E-state index is 10.7. The molecule has 2 aromatic rings. The van der Waals surface area contributed by atoms with Crippen LogP contribution in [-0.4, -0.2) is 13.2 Å². The topological polar surface area (TPSA) is 18.5 Å². The van der Waals surface area contributed by atoms with Crippen LogP contribution in [0.1, 0.15) is 219 Å². The molecule has 0 saturated heterocycles. The maximum atomic E-state index is 9.87. The third-order valence-electron chi connectivity index (χ3n) is 10.4. The SMILES string of the molecule is CCCCCCCCCCCCCCCCCCOc1ccc([I+]c2ccc(OCCCCCCCCCCCCCCCCCC)cc2)cc1.F[P-](F)(F)(F)(F)F. The van der Waals surface area contributed by atoms with E-state index in [1.165, 1.54) is 213 Å². The quantitative estimate of drug-likeness (QED) is 0.0289. The van der Waals surface area contributed by atoms with Crippen LogP contribution in [0.2, 0.25) is 0 Å². The number of rotatable bonds is 38. The molecule has 2 nitrogen and oxygen atoms in total. The molecule has 0 spiro atoms. The molecule has 10 heteroatoms. The van der Waals surface area contributed by atoms with Gasteiger partial charge in [0.25, 0.3) is 0 Å². The molecule has 2 aromatic carbocycles. The van der Waals surface area contributed by atoms with Gasteiger partial charge in [-0.25, -0.2) is 0 Å². The van der Waals surface area contributed by atoms with Gasteiger partial charge in [-0.05, 0) is 61.4 Å². The summed E-state index contributed by atoms with van der Waals surface area (Å²) in [6, 6.07) is 17.7. The zero-order valence-corrected chi connectivity index (χ0v) is 39.6. The van der Waals surface area contributed by atoms with E-state index in [9.17, 15) is 25.2 Å². The molecule has 0 saturated carbocycles. The second-order valence-electron chi connectivity index (χ2n) is 16.3. The molecule has 0 heterocycles. The summed E-state index contributed by atoms with van der Waals surface area (Å²) in [5.74, 6) is 2.03. The van der Waals surface area contributed by atoms with Crippen LogP contribution in [0, 0.1) is 7.14 Å². The fourth-order valence-electron chi connectivity index (χ4n) is 6.99. The molecule has 0 bridgehead atoms. The molecule has 0 N–H and O–H groups in total. The summed E-state index contributed by atoms with van der Waals surface area (Å²) in [5, 5.41) is 0. The number of benzene rings is 2. The molecule has 58 heavy (non-hydrogen) atoms. The van der Waals surface area contributed by atoms with Crippen LogP contribution in [0.15, 0.2) is 48.5 Å². The number of unbranched alkanes of at least 4 members (excludes halogenated alkanes) is 30. The summed E-state index contributed by atoms with van der Waals surface area (Å²) in [6.07, 6.45) is 44.9. The van der Waals surface area contributed by atoms with Crippen LogP contribution in [-0.2, 0) is 0 Å². The van der Waals surface area contributed by atoms with E-state index in [1.54, 1.807) is 0 Å². The average molecular weight is 963 g/mol. The standard InChI is InChI=1S/C48H82IO2.F6P/c1-3-5-7-9-11-13-15-17-19-21-23-25-27-29-31-33-43-50-47-39-35-45(36-40-47)49-46-37-41-48(42-38-46)51-44-34-32-30-28-26-24-22-20-18-16-14-12-10-8-6-4-2;1-7(2,3,4,5)6/h35-42H,3-34,43-44H2,1-2H3;/q+1;-1. The van der Waals surface area contributed by atoms with Crippen molar-refractivity contribution in [1.82, 2.24) is 0 Å². The van der Waals surface area contributed by atoms with E-state index < -0.39 is 7.81 Å². The van der Waals surface area contributed by atoms with Gasteiger partial charge in [0.05, 0.1) is 13.2 Å². The Morgan fingerprint density at radius 1 is 0.328 bits per heavy atom. The van der Waals surface area contributed by atoms with Gasteiger partial charge in [-0.2, -0.15) is 0 Å². The van der Waals surface area contributed by atoms with Crippen molar-refractivity contribution >= 4 is 7.81 Å². The number of hydrogen-bond donors (Lipinski definition) is 0. The van der Waals surface area contributed by atoms with Crippen LogP contribution in [0.4, 0.5) is 25.2 Å². The van der Waals surface area contributed by atoms with E-state index >= 15 is 0 Å². The van der Waals surface area contributed by atoms with Crippen LogP contribution >= 0.6 is 7.81 Å². The molecule has 0 radical (unpaired) electrons. The Bertz CT molecular complexity index is 1110. The number of ether oxygens (including phenoxy) is 2. The Morgan fingerprint density at radius 2 is 0.517 bits per heavy atom. The fourth-order valence-corrected chi connectivity index (χ4v) is 9.15. The first-order chi connectivity index (χ1) is 27.8. The van der Waals surface area contributed by atoms with Gasteiger partial charge in [-0.1, -0.05) is 206 Å². The van der Waals surface area contributed by atoms with E-state index in [0.29, 0.717) is 0 Å². The molecular weight excluding hydrogens is 880 g/mol. The van der Waals surface area contributed by atoms with Crippen molar-refractivity contribution in [3.63, 3.8) is 0 Å². The molecular formula is C48H82F6IO2P. The Hall–Kier alpha value is -1.22. The minimum absolute atomic E-state index is 0.181. The monoisotopic (exact) mass is 963 g/mol. The van der Waals surface area contributed by atoms with Crippen molar-refractivity contribution < 1.29 is 55.9 Å². The minimum atomic E-state index is -10.7. The molecule has 0 atom stereocenters. The Balaban J connectivity index is 0.00000219. The average Bonchev–Trinajstić information content (AvgIpc) is 3.17. The Labute approximate surface area is 361 Å². The molecule has 0 aliphatic heterocycles. The second kappa shape index (κ2) is 33.4. The van der Waals surface area contributed by atoms with Gasteiger partial charge in [0.2, 0.25) is 0 Å². The summed E-state index contributed by atoms with van der Waals surface area (Å²) in [4.78, 5) is 0. The second-order valence-corrected chi connectivity index (χ2v) is 21.2. The van der Waals surface area contributed by atoms with Gasteiger partial charge in [0, 0.05) is 0 Å². The molecule has 0 aliphatic carbocycles. The molecule has 0 unspecified atom stereocenters. The van der Waals surface area contributed by atoms with Gasteiger partial charge in [-0.3, -0.25) is 0 Å². The van der Waals surface area contributed by atoms with Crippen LogP contribution < -0.4 is 30.7 Å². The first-order valence-electron chi connectivity index (χ1n) is 23.4. The molecule has 0 amide bonds. The van der Waals surface area contributed by atoms with Crippen molar-refractivity contribution in [3.8, 4) is 11.5 Å². The molecule has 0 aliphatic rings. The van der Waals surface area contributed by atoms with Crippen molar-refractivity contribution in [2.45, 2.75) is 219 Å². The van der Waals surface area contributed by atoms with E-state index in [2.05, 4.69) is 62.4 Å². The van der Waals surface area contributed by atoms with Crippen molar-refractivity contribution in [2.75, 3.05) is 13.2 Å². The van der Waals surface area contributed by atoms with Crippen molar-refractivity contribution in [2.24, 2.45) is 0 Å². The predicted octanol–water partition coefficient (Wildman–Crippen LogP) is 16.5. The zero-order valence-electron chi connectivity index (χ0n) is 36.6. The van der Waals surface area contributed by atoms with Crippen LogP contribution in [0.25, 0.3) is 0 Å². The number of halogens is 7. The van der Waals surface area contributed by atoms with Gasteiger partial charge in [-0.15, -0.1) is 0 Å². The van der Waals surface area contributed by atoms with Gasteiger partial charge in [0.1, 0.15) is 11.5 Å². The molecule has 0 fully saturated rings. The zero-order chi connectivity index (χ0) is 42.5. The fraction of sp³-hybridized carbons (Fsp3) is 0.750. The molecule has 0 aromatic heterocycles. The molecule has 2 rings (SSSR count). The van der Waals surface area contributed by atoms with Gasteiger partial charge >= 0.3 is 54.2 Å². The van der Waals surface area contributed by atoms with E-state index in [4.69, 9.17) is 9.47 Å². The van der Waals surface area contributed by atoms with E-state index in [1.807, 2.05) is 0 Å². The summed E-state index contributed by atoms with van der Waals surface area (Å²) in [5.41, 5.74) is 0. The van der Waals surface area contributed by atoms with E-state index in [0.717, 1.165) is 24.7 Å². The van der Waals surface area contributed by atoms with Crippen LogP contribution in [0.5, 0.6) is 11.5 Å². The normalized spacial score (nSPS) is 12.8. The Kier molecular flexibility index (Phi) is 31.6. The third-order valence-corrected chi connectivity index (χ3v) is 13.1. The van der Waals surface area contributed by atoms with Crippen molar-refractivity contribution in [1.29, 1.82) is 0 Å². The Morgan fingerprint density at radius 3 is 0.724 bits per heavy atom. The molecule has 340 valence electrons. The third kappa shape index (κ3) is 42.9. The van der Waals surface area contributed by atoms with Gasteiger partial charge < -0.3 is 9.47 Å².